The Bertz CT molecular complexity index is 105. The fourth-order valence-corrected chi connectivity index (χ4v) is 1.05. The molecule has 2 nitrogen and oxygen atoms in total. The second-order valence-electron chi connectivity index (χ2n) is 2.00. The van der Waals surface area contributed by atoms with Crippen molar-refractivity contribution in [2.45, 2.75) is 17.0 Å². The lowest BCUT2D eigenvalue weighted by molar-refractivity contribution is 0.231. The van der Waals surface area contributed by atoms with Gasteiger partial charge in [0.2, 0.25) is 4.52 Å². The molecule has 0 aromatic carbocycles. The Kier molecular flexibility index (Phi) is 2.40. The van der Waals surface area contributed by atoms with Gasteiger partial charge < -0.3 is 9.16 Å². The lowest BCUT2D eigenvalue weighted by atomic mass is 10.3. The topological polar surface area (TPSA) is 21.8 Å². The summed E-state index contributed by atoms with van der Waals surface area (Å²) in [6.07, 6.45) is 0.813. The lowest BCUT2D eigenvalue weighted by Gasteiger charge is -2.15. The Hall–Kier alpha value is 0.717. The van der Waals surface area contributed by atoms with Crippen LogP contribution in [0.4, 0.5) is 0 Å². The van der Waals surface area contributed by atoms with E-state index < -0.39 is 4.52 Å². The monoisotopic (exact) mass is 186 g/mol. The van der Waals surface area contributed by atoms with E-state index in [-0.39, 0.29) is 6.10 Å². The van der Waals surface area contributed by atoms with Gasteiger partial charge in [0.1, 0.15) is 10.5 Å². The smallest absolute Gasteiger partial charge is 0.210 e. The molecule has 9 heavy (non-hydrogen) atoms. The molecule has 1 rings (SSSR count). The molecule has 0 spiro atoms. The predicted octanol–water partition coefficient (Wildman–Crippen LogP) is 0.204. The average Bonchev–Trinajstić information content (AvgIpc) is 2.50. The molecule has 0 aliphatic carbocycles. The average molecular weight is 187 g/mol. The van der Waals surface area contributed by atoms with E-state index in [0.717, 1.165) is 6.61 Å². The molecule has 0 aromatic rings. The minimum Gasteiger partial charge on any atom is -0.399 e. The third-order valence-corrected chi connectivity index (χ3v) is 3.00. The first-order valence-electron chi connectivity index (χ1n) is 2.68. The Morgan fingerprint density at radius 1 is 1.78 bits per heavy atom. The zero-order valence-electron chi connectivity index (χ0n) is 5.06. The third-order valence-electron chi connectivity index (χ3n) is 1.17. The van der Waals surface area contributed by atoms with Crippen molar-refractivity contribution in [2.75, 3.05) is 6.61 Å². The summed E-state index contributed by atoms with van der Waals surface area (Å²) in [6, 6.07) is 0. The standard InChI is InChI=1S/C4H8Cl2O2Si/c5-4(6,8-9)1-3-2-7-3/h3H,1-2H2,9H3. The molecule has 0 radical (unpaired) electrons. The summed E-state index contributed by atoms with van der Waals surface area (Å²) in [5.74, 6) is 0. The molecule has 1 aliphatic rings. The lowest BCUT2D eigenvalue weighted by Crippen LogP contribution is -2.18. The second-order valence-corrected chi connectivity index (χ2v) is 3.82. The fourth-order valence-electron chi connectivity index (χ4n) is 0.534. The van der Waals surface area contributed by atoms with E-state index in [0.29, 0.717) is 16.9 Å². The zero-order chi connectivity index (χ0) is 6.91. The molecule has 0 N–H and O–H groups in total. The van der Waals surface area contributed by atoms with Crippen LogP contribution in [0.25, 0.3) is 0 Å². The molecule has 1 heterocycles. The highest BCUT2D eigenvalue weighted by atomic mass is 35.5. The molecule has 1 unspecified atom stereocenters. The minimum absolute atomic E-state index is 0.231. The van der Waals surface area contributed by atoms with Crippen molar-refractivity contribution in [2.24, 2.45) is 0 Å². The van der Waals surface area contributed by atoms with Crippen LogP contribution >= 0.6 is 23.2 Å². The van der Waals surface area contributed by atoms with E-state index in [2.05, 4.69) is 0 Å². The molecule has 1 saturated heterocycles. The van der Waals surface area contributed by atoms with E-state index in [1.165, 1.54) is 0 Å². The maximum atomic E-state index is 5.65. The molecule has 1 aliphatic heterocycles. The van der Waals surface area contributed by atoms with Crippen LogP contribution in [0.15, 0.2) is 0 Å². The highest BCUT2D eigenvalue weighted by molar-refractivity contribution is 6.48. The van der Waals surface area contributed by atoms with Gasteiger partial charge in [0.05, 0.1) is 12.7 Å². The van der Waals surface area contributed by atoms with Gasteiger partial charge in [-0.2, -0.15) is 0 Å². The number of rotatable bonds is 3. The van der Waals surface area contributed by atoms with Crippen LogP contribution in [-0.2, 0) is 9.16 Å². The van der Waals surface area contributed by atoms with Crippen molar-refractivity contribution in [1.82, 2.24) is 0 Å². The second kappa shape index (κ2) is 2.76. The first kappa shape index (κ1) is 7.82. The van der Waals surface area contributed by atoms with Crippen LogP contribution in [0.1, 0.15) is 6.42 Å². The van der Waals surface area contributed by atoms with Crippen LogP contribution < -0.4 is 0 Å². The Morgan fingerprint density at radius 2 is 2.33 bits per heavy atom. The molecule has 5 heteroatoms. The van der Waals surface area contributed by atoms with E-state index in [4.69, 9.17) is 32.4 Å². The van der Waals surface area contributed by atoms with Gasteiger partial charge >= 0.3 is 0 Å². The van der Waals surface area contributed by atoms with E-state index >= 15 is 0 Å². The number of epoxide rings is 1. The minimum atomic E-state index is -0.993. The first-order chi connectivity index (χ1) is 4.14. The number of alkyl halides is 2. The zero-order valence-corrected chi connectivity index (χ0v) is 8.58. The number of halogens is 2. The molecule has 1 fully saturated rings. The van der Waals surface area contributed by atoms with Crippen LogP contribution in [0, 0.1) is 0 Å². The van der Waals surface area contributed by atoms with Crippen LogP contribution in [0.2, 0.25) is 0 Å². The van der Waals surface area contributed by atoms with Crippen molar-refractivity contribution < 1.29 is 9.16 Å². The summed E-state index contributed by atoms with van der Waals surface area (Å²) < 4.78 is 8.80. The summed E-state index contributed by atoms with van der Waals surface area (Å²) in [5.41, 5.74) is 0. The largest absolute Gasteiger partial charge is 0.399 e. The van der Waals surface area contributed by atoms with Gasteiger partial charge in [0.25, 0.3) is 0 Å². The molecule has 0 bridgehead atoms. The summed E-state index contributed by atoms with van der Waals surface area (Å²) in [7, 11) is 0.561. The first-order valence-corrected chi connectivity index (χ1v) is 4.26. The molecular formula is C4H8Cl2O2Si. The van der Waals surface area contributed by atoms with Crippen molar-refractivity contribution in [3.05, 3.63) is 0 Å². The van der Waals surface area contributed by atoms with Gasteiger partial charge in [-0.05, 0) is 0 Å². The molecule has 0 amide bonds. The van der Waals surface area contributed by atoms with E-state index in [9.17, 15) is 0 Å². The van der Waals surface area contributed by atoms with E-state index in [1.54, 1.807) is 0 Å². The van der Waals surface area contributed by atoms with Gasteiger partial charge in [-0.3, -0.25) is 0 Å². The van der Waals surface area contributed by atoms with Gasteiger partial charge in [-0.15, -0.1) is 0 Å². The number of ether oxygens (including phenoxy) is 1. The van der Waals surface area contributed by atoms with Gasteiger partial charge in [0.15, 0.2) is 0 Å². The highest BCUT2D eigenvalue weighted by Crippen LogP contribution is 2.31. The third kappa shape index (κ3) is 2.86. The molecule has 1 atom stereocenters. The quantitative estimate of drug-likeness (QED) is 0.357. The van der Waals surface area contributed by atoms with Crippen molar-refractivity contribution in [3.63, 3.8) is 0 Å². The summed E-state index contributed by atoms with van der Waals surface area (Å²) in [5, 5.41) is 0. The molecular weight excluding hydrogens is 179 g/mol. The van der Waals surface area contributed by atoms with Gasteiger partial charge in [0, 0.05) is 6.42 Å². The summed E-state index contributed by atoms with van der Waals surface area (Å²) >= 11 is 11.3. The van der Waals surface area contributed by atoms with Crippen LogP contribution in [-0.4, -0.2) is 27.7 Å². The van der Waals surface area contributed by atoms with Crippen molar-refractivity contribution >= 4 is 33.7 Å². The van der Waals surface area contributed by atoms with Gasteiger partial charge in [-0.25, -0.2) is 0 Å². The predicted molar refractivity (Wildman–Crippen MR) is 39.8 cm³/mol. The number of hydrogen-bond acceptors (Lipinski definition) is 2. The SMILES string of the molecule is [SiH3]OC(Cl)(Cl)CC1CO1. The maximum Gasteiger partial charge on any atom is 0.210 e. The summed E-state index contributed by atoms with van der Waals surface area (Å²) in [4.78, 5) is 0. The molecule has 0 aromatic heterocycles. The molecule has 0 saturated carbocycles. The van der Waals surface area contributed by atoms with Crippen LogP contribution in [0.3, 0.4) is 0 Å². The maximum absolute atomic E-state index is 5.65. The molecule has 54 valence electrons. The highest BCUT2D eigenvalue weighted by Gasteiger charge is 2.34. The normalized spacial score (nSPS) is 26.7. The van der Waals surface area contributed by atoms with Crippen molar-refractivity contribution in [1.29, 1.82) is 0 Å². The summed E-state index contributed by atoms with van der Waals surface area (Å²) in [6.45, 7) is 0.770. The van der Waals surface area contributed by atoms with Crippen LogP contribution in [0.5, 0.6) is 0 Å². The Labute approximate surface area is 67.0 Å². The number of hydrogen-bond donors (Lipinski definition) is 0. The Morgan fingerprint density at radius 3 is 2.67 bits per heavy atom. The van der Waals surface area contributed by atoms with Gasteiger partial charge in [-0.1, -0.05) is 23.2 Å². The fraction of sp³-hybridized carbons (Fsp3) is 1.00. The Balaban J connectivity index is 2.21. The van der Waals surface area contributed by atoms with E-state index in [1.807, 2.05) is 0 Å². The van der Waals surface area contributed by atoms with Crippen molar-refractivity contribution in [3.8, 4) is 0 Å².